The smallest absolute Gasteiger partial charge is 0.131 e. The van der Waals surface area contributed by atoms with Gasteiger partial charge in [-0.2, -0.15) is 0 Å². The highest BCUT2D eigenvalue weighted by atomic mass is 32.1. The van der Waals surface area contributed by atoms with Crippen LogP contribution < -0.4 is 5.32 Å². The monoisotopic (exact) mass is 269 g/mol. The molecule has 4 heteroatoms. The van der Waals surface area contributed by atoms with Crippen LogP contribution in [-0.2, 0) is 6.54 Å². The van der Waals surface area contributed by atoms with Crippen LogP contribution in [0.15, 0.2) is 0 Å². The summed E-state index contributed by atoms with van der Waals surface area (Å²) in [5, 5.41) is 14.4. The van der Waals surface area contributed by atoms with E-state index in [2.05, 4.69) is 43.2 Å². The average molecular weight is 269 g/mol. The lowest BCUT2D eigenvalue weighted by atomic mass is 10.0. The van der Waals surface area contributed by atoms with Crippen molar-refractivity contribution in [1.29, 1.82) is 0 Å². The molecule has 0 spiro atoms. The molecule has 1 N–H and O–H groups in total. The summed E-state index contributed by atoms with van der Waals surface area (Å²) < 4.78 is 0. The third-order valence-electron chi connectivity index (χ3n) is 3.06. The van der Waals surface area contributed by atoms with Crippen molar-refractivity contribution in [1.82, 2.24) is 15.5 Å². The molecule has 1 heterocycles. The maximum Gasteiger partial charge on any atom is 0.131 e. The van der Waals surface area contributed by atoms with Crippen molar-refractivity contribution in [3.8, 4) is 0 Å². The molecule has 3 nitrogen and oxygen atoms in total. The maximum atomic E-state index is 4.37. The van der Waals surface area contributed by atoms with E-state index >= 15 is 0 Å². The van der Waals surface area contributed by atoms with Crippen molar-refractivity contribution in [3.63, 3.8) is 0 Å². The minimum atomic E-state index is 0.612. The Hall–Kier alpha value is -0.480. The zero-order valence-electron chi connectivity index (χ0n) is 12.2. The van der Waals surface area contributed by atoms with Gasteiger partial charge in [-0.15, -0.1) is 10.2 Å². The molecular formula is C14H27N3S. The van der Waals surface area contributed by atoms with Gasteiger partial charge in [-0.25, -0.2) is 0 Å². The van der Waals surface area contributed by atoms with Crippen LogP contribution in [0.3, 0.4) is 0 Å². The first-order valence-electron chi connectivity index (χ1n) is 7.20. The molecule has 0 bridgehead atoms. The van der Waals surface area contributed by atoms with E-state index in [1.54, 1.807) is 11.3 Å². The fourth-order valence-electron chi connectivity index (χ4n) is 1.92. The van der Waals surface area contributed by atoms with Crippen LogP contribution in [-0.4, -0.2) is 16.7 Å². The van der Waals surface area contributed by atoms with Gasteiger partial charge in [0.05, 0.1) is 0 Å². The molecule has 0 fully saturated rings. The summed E-state index contributed by atoms with van der Waals surface area (Å²) in [4.78, 5) is 0. The van der Waals surface area contributed by atoms with Crippen LogP contribution in [0.2, 0.25) is 0 Å². The molecule has 1 aromatic heterocycles. The lowest BCUT2D eigenvalue weighted by Crippen LogP contribution is -2.18. The Morgan fingerprint density at radius 2 is 2.00 bits per heavy atom. The van der Waals surface area contributed by atoms with Gasteiger partial charge in [-0.1, -0.05) is 51.9 Å². The zero-order valence-corrected chi connectivity index (χ0v) is 13.0. The number of hydrogen-bond donors (Lipinski definition) is 1. The number of nitrogens with one attached hydrogen (secondary N) is 1. The normalized spacial score (nSPS) is 13.2. The number of hydrogen-bond acceptors (Lipinski definition) is 4. The van der Waals surface area contributed by atoms with E-state index in [0.717, 1.165) is 18.1 Å². The van der Waals surface area contributed by atoms with Crippen molar-refractivity contribution in [3.05, 3.63) is 10.0 Å². The first kappa shape index (κ1) is 15.6. The molecular weight excluding hydrogens is 242 g/mol. The van der Waals surface area contributed by atoms with Crippen LogP contribution >= 0.6 is 11.3 Å². The SMILES string of the molecule is CCCCC(CC)c1nnc(CNCC(C)C)s1. The molecule has 0 saturated carbocycles. The van der Waals surface area contributed by atoms with Gasteiger partial charge in [-0.3, -0.25) is 0 Å². The average Bonchev–Trinajstić information content (AvgIpc) is 2.78. The first-order chi connectivity index (χ1) is 8.67. The van der Waals surface area contributed by atoms with Gasteiger partial charge < -0.3 is 5.32 Å². The van der Waals surface area contributed by atoms with Crippen molar-refractivity contribution >= 4 is 11.3 Å². The standard InChI is InChI=1S/C14H27N3S/c1-5-7-8-12(6-2)14-17-16-13(18-14)10-15-9-11(3)4/h11-12,15H,5-10H2,1-4H3. The molecule has 0 saturated heterocycles. The van der Waals surface area contributed by atoms with E-state index in [9.17, 15) is 0 Å². The van der Waals surface area contributed by atoms with E-state index in [4.69, 9.17) is 0 Å². The summed E-state index contributed by atoms with van der Waals surface area (Å²) >= 11 is 1.78. The van der Waals surface area contributed by atoms with Gasteiger partial charge in [-0.05, 0) is 25.3 Å². The van der Waals surface area contributed by atoms with Crippen LogP contribution in [0.4, 0.5) is 0 Å². The number of unbranched alkanes of at least 4 members (excludes halogenated alkanes) is 1. The number of aromatic nitrogens is 2. The Kier molecular flexibility index (Phi) is 7.44. The Balaban J connectivity index is 2.45. The Morgan fingerprint density at radius 1 is 1.22 bits per heavy atom. The molecule has 0 aliphatic rings. The molecule has 0 aromatic carbocycles. The summed E-state index contributed by atoms with van der Waals surface area (Å²) in [6, 6.07) is 0. The molecule has 1 atom stereocenters. The molecule has 18 heavy (non-hydrogen) atoms. The van der Waals surface area contributed by atoms with Crippen LogP contribution in [0.1, 0.15) is 69.3 Å². The Morgan fingerprint density at radius 3 is 2.61 bits per heavy atom. The summed E-state index contributed by atoms with van der Waals surface area (Å²) in [6.45, 7) is 10.8. The van der Waals surface area contributed by atoms with Gasteiger partial charge in [0, 0.05) is 12.5 Å². The molecule has 0 aliphatic carbocycles. The van der Waals surface area contributed by atoms with Crippen molar-refractivity contribution in [2.24, 2.45) is 5.92 Å². The summed E-state index contributed by atoms with van der Waals surface area (Å²) in [5.41, 5.74) is 0. The second-order valence-electron chi connectivity index (χ2n) is 5.31. The predicted octanol–water partition coefficient (Wildman–Crippen LogP) is 3.97. The van der Waals surface area contributed by atoms with Crippen molar-refractivity contribution in [2.45, 2.75) is 65.8 Å². The van der Waals surface area contributed by atoms with Crippen molar-refractivity contribution < 1.29 is 0 Å². The van der Waals surface area contributed by atoms with Crippen LogP contribution in [0.25, 0.3) is 0 Å². The van der Waals surface area contributed by atoms with Crippen molar-refractivity contribution in [2.75, 3.05) is 6.54 Å². The molecule has 1 aromatic rings. The molecule has 104 valence electrons. The Bertz CT molecular complexity index is 323. The molecule has 0 amide bonds. The molecule has 0 aliphatic heterocycles. The van der Waals surface area contributed by atoms with Crippen LogP contribution in [0, 0.1) is 5.92 Å². The fourth-order valence-corrected chi connectivity index (χ4v) is 2.95. The van der Waals surface area contributed by atoms with Crippen LogP contribution in [0.5, 0.6) is 0 Å². The van der Waals surface area contributed by atoms with Gasteiger partial charge in [0.2, 0.25) is 0 Å². The van der Waals surface area contributed by atoms with Gasteiger partial charge >= 0.3 is 0 Å². The van der Waals surface area contributed by atoms with Gasteiger partial charge in [0.15, 0.2) is 0 Å². The van der Waals surface area contributed by atoms with E-state index in [1.807, 2.05) is 0 Å². The lowest BCUT2D eigenvalue weighted by Gasteiger charge is -2.09. The molecule has 0 radical (unpaired) electrons. The third-order valence-corrected chi connectivity index (χ3v) is 4.15. The van der Waals surface area contributed by atoms with E-state index < -0.39 is 0 Å². The fraction of sp³-hybridized carbons (Fsp3) is 0.857. The second-order valence-corrected chi connectivity index (χ2v) is 6.40. The number of nitrogens with zero attached hydrogens (tertiary/aromatic N) is 2. The summed E-state index contributed by atoms with van der Waals surface area (Å²) in [5.74, 6) is 1.30. The molecule has 1 unspecified atom stereocenters. The molecule has 1 rings (SSSR count). The van der Waals surface area contributed by atoms with E-state index in [-0.39, 0.29) is 0 Å². The predicted molar refractivity (Wildman–Crippen MR) is 79.0 cm³/mol. The lowest BCUT2D eigenvalue weighted by molar-refractivity contribution is 0.548. The first-order valence-corrected chi connectivity index (χ1v) is 8.01. The highest BCUT2D eigenvalue weighted by molar-refractivity contribution is 7.11. The largest absolute Gasteiger partial charge is 0.310 e. The second kappa shape index (κ2) is 8.59. The quantitative estimate of drug-likeness (QED) is 0.737. The van der Waals surface area contributed by atoms with E-state index in [1.165, 1.54) is 30.7 Å². The minimum Gasteiger partial charge on any atom is -0.310 e. The highest BCUT2D eigenvalue weighted by Crippen LogP contribution is 2.27. The van der Waals surface area contributed by atoms with E-state index in [0.29, 0.717) is 11.8 Å². The zero-order chi connectivity index (χ0) is 13.4. The highest BCUT2D eigenvalue weighted by Gasteiger charge is 2.14. The number of rotatable bonds is 9. The van der Waals surface area contributed by atoms with Gasteiger partial charge in [0.25, 0.3) is 0 Å². The maximum absolute atomic E-state index is 4.37. The summed E-state index contributed by atoms with van der Waals surface area (Å²) in [7, 11) is 0. The minimum absolute atomic E-state index is 0.612. The van der Waals surface area contributed by atoms with Gasteiger partial charge in [0.1, 0.15) is 10.0 Å². The third kappa shape index (κ3) is 5.44. The topological polar surface area (TPSA) is 37.8 Å². The summed E-state index contributed by atoms with van der Waals surface area (Å²) in [6.07, 6.45) is 4.98. The Labute approximate surface area is 115 Å².